The van der Waals surface area contributed by atoms with Gasteiger partial charge in [0, 0.05) is 39.3 Å². The van der Waals surface area contributed by atoms with E-state index in [9.17, 15) is 4.79 Å². The van der Waals surface area contributed by atoms with Gasteiger partial charge < -0.3 is 15.0 Å². The van der Waals surface area contributed by atoms with Gasteiger partial charge in [-0.2, -0.15) is 0 Å². The van der Waals surface area contributed by atoms with E-state index in [1.165, 1.54) is 5.56 Å². The molecule has 2 heterocycles. The van der Waals surface area contributed by atoms with Gasteiger partial charge in [-0.25, -0.2) is 0 Å². The van der Waals surface area contributed by atoms with E-state index in [1.54, 1.807) is 0 Å². The lowest BCUT2D eigenvalue weighted by Gasteiger charge is -2.33. The SMILES string of the molecule is O=C(CC1CN(Cc2ccccc2)CCO1)N1CCCNCC1. The van der Waals surface area contributed by atoms with Crippen molar-refractivity contribution in [2.45, 2.75) is 25.5 Å². The molecule has 1 unspecified atom stereocenters. The van der Waals surface area contributed by atoms with E-state index in [4.69, 9.17) is 4.74 Å². The minimum Gasteiger partial charge on any atom is -0.375 e. The highest BCUT2D eigenvalue weighted by Gasteiger charge is 2.25. The molecule has 1 atom stereocenters. The molecule has 1 aromatic rings. The lowest BCUT2D eigenvalue weighted by molar-refractivity contribution is -0.136. The number of rotatable bonds is 4. The molecule has 126 valence electrons. The van der Waals surface area contributed by atoms with Crippen molar-refractivity contribution in [3.05, 3.63) is 35.9 Å². The predicted molar refractivity (Wildman–Crippen MR) is 90.1 cm³/mol. The Morgan fingerprint density at radius 1 is 1.17 bits per heavy atom. The van der Waals surface area contributed by atoms with Gasteiger partial charge >= 0.3 is 0 Å². The Kier molecular flexibility index (Phi) is 6.02. The Labute approximate surface area is 138 Å². The van der Waals surface area contributed by atoms with E-state index in [0.29, 0.717) is 13.0 Å². The van der Waals surface area contributed by atoms with Crippen LogP contribution in [0.2, 0.25) is 0 Å². The minimum atomic E-state index is 0.0242. The maximum Gasteiger partial charge on any atom is 0.225 e. The zero-order valence-corrected chi connectivity index (χ0v) is 13.7. The Hall–Kier alpha value is -1.43. The number of amides is 1. The number of carbonyl (C=O) groups is 1. The molecule has 1 amide bonds. The summed E-state index contributed by atoms with van der Waals surface area (Å²) < 4.78 is 5.83. The van der Waals surface area contributed by atoms with E-state index in [-0.39, 0.29) is 12.0 Å². The van der Waals surface area contributed by atoms with Crippen LogP contribution in [-0.4, -0.2) is 67.7 Å². The Morgan fingerprint density at radius 3 is 2.91 bits per heavy atom. The van der Waals surface area contributed by atoms with Crippen LogP contribution < -0.4 is 5.32 Å². The van der Waals surface area contributed by atoms with Crippen LogP contribution in [0.15, 0.2) is 30.3 Å². The molecule has 23 heavy (non-hydrogen) atoms. The second-order valence-electron chi connectivity index (χ2n) is 6.40. The first kappa shape index (κ1) is 16.4. The molecule has 0 bridgehead atoms. The summed E-state index contributed by atoms with van der Waals surface area (Å²) in [6, 6.07) is 10.5. The number of morpholine rings is 1. The number of ether oxygens (including phenoxy) is 1. The number of hydrogen-bond donors (Lipinski definition) is 1. The van der Waals surface area contributed by atoms with Gasteiger partial charge in [0.05, 0.1) is 19.1 Å². The van der Waals surface area contributed by atoms with E-state index in [1.807, 2.05) is 11.0 Å². The summed E-state index contributed by atoms with van der Waals surface area (Å²) in [6.45, 7) is 7.02. The van der Waals surface area contributed by atoms with Crippen molar-refractivity contribution >= 4 is 5.91 Å². The van der Waals surface area contributed by atoms with Gasteiger partial charge in [0.1, 0.15) is 0 Å². The minimum absolute atomic E-state index is 0.0242. The zero-order valence-electron chi connectivity index (χ0n) is 13.7. The average molecular weight is 317 g/mol. The molecule has 0 saturated carbocycles. The Balaban J connectivity index is 1.49. The summed E-state index contributed by atoms with van der Waals surface area (Å²) in [5.41, 5.74) is 1.32. The number of benzene rings is 1. The summed E-state index contributed by atoms with van der Waals surface area (Å²) in [5, 5.41) is 3.34. The molecule has 5 heteroatoms. The molecule has 0 spiro atoms. The highest BCUT2D eigenvalue weighted by Crippen LogP contribution is 2.14. The predicted octanol–water partition coefficient (Wildman–Crippen LogP) is 1.10. The highest BCUT2D eigenvalue weighted by molar-refractivity contribution is 5.76. The van der Waals surface area contributed by atoms with Crippen molar-refractivity contribution in [2.24, 2.45) is 0 Å². The van der Waals surface area contributed by atoms with Crippen LogP contribution in [0, 0.1) is 0 Å². The number of nitrogens with one attached hydrogen (secondary N) is 1. The van der Waals surface area contributed by atoms with Crippen LogP contribution in [0.3, 0.4) is 0 Å². The first-order valence-corrected chi connectivity index (χ1v) is 8.67. The van der Waals surface area contributed by atoms with Crippen LogP contribution >= 0.6 is 0 Å². The maximum absolute atomic E-state index is 12.5. The van der Waals surface area contributed by atoms with Crippen LogP contribution in [0.25, 0.3) is 0 Å². The van der Waals surface area contributed by atoms with Crippen molar-refractivity contribution in [3.63, 3.8) is 0 Å². The van der Waals surface area contributed by atoms with Crippen molar-refractivity contribution in [1.29, 1.82) is 0 Å². The van der Waals surface area contributed by atoms with E-state index in [2.05, 4.69) is 34.5 Å². The monoisotopic (exact) mass is 317 g/mol. The molecule has 2 aliphatic heterocycles. The third-order valence-electron chi connectivity index (χ3n) is 4.57. The van der Waals surface area contributed by atoms with Gasteiger partial charge in [0.15, 0.2) is 0 Å². The molecule has 0 aromatic heterocycles. The number of hydrogen-bond acceptors (Lipinski definition) is 4. The summed E-state index contributed by atoms with van der Waals surface area (Å²) >= 11 is 0. The van der Waals surface area contributed by atoms with Gasteiger partial charge in [-0.05, 0) is 18.5 Å². The summed E-state index contributed by atoms with van der Waals surface area (Å²) in [6.07, 6.45) is 1.57. The molecule has 2 fully saturated rings. The van der Waals surface area contributed by atoms with Crippen molar-refractivity contribution in [2.75, 3.05) is 45.9 Å². The molecular weight excluding hydrogens is 290 g/mol. The van der Waals surface area contributed by atoms with Crippen molar-refractivity contribution in [3.8, 4) is 0 Å². The first-order chi connectivity index (χ1) is 11.3. The quantitative estimate of drug-likeness (QED) is 0.903. The second-order valence-corrected chi connectivity index (χ2v) is 6.40. The van der Waals surface area contributed by atoms with E-state index in [0.717, 1.165) is 52.2 Å². The fourth-order valence-corrected chi connectivity index (χ4v) is 3.31. The van der Waals surface area contributed by atoms with Crippen LogP contribution in [0.5, 0.6) is 0 Å². The van der Waals surface area contributed by atoms with E-state index < -0.39 is 0 Å². The van der Waals surface area contributed by atoms with Gasteiger partial charge in [-0.3, -0.25) is 9.69 Å². The standard InChI is InChI=1S/C18H27N3O2/c22-18(21-9-4-7-19-8-10-21)13-17-15-20(11-12-23-17)14-16-5-2-1-3-6-16/h1-3,5-6,17,19H,4,7-15H2. The number of carbonyl (C=O) groups excluding carboxylic acids is 1. The Morgan fingerprint density at radius 2 is 2.04 bits per heavy atom. The maximum atomic E-state index is 12.5. The summed E-state index contributed by atoms with van der Waals surface area (Å²) in [7, 11) is 0. The molecule has 5 nitrogen and oxygen atoms in total. The van der Waals surface area contributed by atoms with E-state index >= 15 is 0 Å². The van der Waals surface area contributed by atoms with Crippen LogP contribution in [0.4, 0.5) is 0 Å². The molecule has 0 aliphatic carbocycles. The topological polar surface area (TPSA) is 44.8 Å². The Bertz CT molecular complexity index is 486. The number of nitrogens with zero attached hydrogens (tertiary/aromatic N) is 2. The lowest BCUT2D eigenvalue weighted by atomic mass is 10.1. The van der Waals surface area contributed by atoms with Gasteiger partial charge in [-0.15, -0.1) is 0 Å². The average Bonchev–Trinajstić information content (AvgIpc) is 2.85. The van der Waals surface area contributed by atoms with Crippen molar-refractivity contribution < 1.29 is 9.53 Å². The molecule has 0 radical (unpaired) electrons. The summed E-state index contributed by atoms with van der Waals surface area (Å²) in [4.78, 5) is 16.9. The van der Waals surface area contributed by atoms with Gasteiger partial charge in [0.25, 0.3) is 0 Å². The molecule has 1 aromatic carbocycles. The van der Waals surface area contributed by atoms with Gasteiger partial charge in [0.2, 0.25) is 5.91 Å². The molecule has 2 saturated heterocycles. The lowest BCUT2D eigenvalue weighted by Crippen LogP contribution is -2.45. The fourth-order valence-electron chi connectivity index (χ4n) is 3.31. The molecule has 1 N–H and O–H groups in total. The summed E-state index contributed by atoms with van der Waals surface area (Å²) in [5.74, 6) is 0.236. The largest absolute Gasteiger partial charge is 0.375 e. The molecule has 3 rings (SSSR count). The molecule has 2 aliphatic rings. The van der Waals surface area contributed by atoms with Crippen LogP contribution in [-0.2, 0) is 16.1 Å². The highest BCUT2D eigenvalue weighted by atomic mass is 16.5. The third-order valence-corrected chi connectivity index (χ3v) is 4.57. The zero-order chi connectivity index (χ0) is 15.9. The first-order valence-electron chi connectivity index (χ1n) is 8.67. The smallest absolute Gasteiger partial charge is 0.225 e. The fraction of sp³-hybridized carbons (Fsp3) is 0.611. The van der Waals surface area contributed by atoms with Crippen molar-refractivity contribution in [1.82, 2.24) is 15.1 Å². The normalized spacial score (nSPS) is 23.5. The second kappa shape index (κ2) is 8.43. The van der Waals surface area contributed by atoms with Crippen LogP contribution in [0.1, 0.15) is 18.4 Å². The third kappa shape index (κ3) is 5.03. The molecular formula is C18H27N3O2. The van der Waals surface area contributed by atoms with Gasteiger partial charge in [-0.1, -0.05) is 30.3 Å².